The lowest BCUT2D eigenvalue weighted by Crippen LogP contribution is -2.03. The summed E-state index contributed by atoms with van der Waals surface area (Å²) >= 11 is 0. The van der Waals surface area contributed by atoms with Crippen molar-refractivity contribution >= 4 is 5.97 Å². The summed E-state index contributed by atoms with van der Waals surface area (Å²) in [6.45, 7) is 4.57. The molecule has 0 aromatic heterocycles. The number of aryl methyl sites for hydroxylation is 2. The summed E-state index contributed by atoms with van der Waals surface area (Å²) in [6.07, 6.45) is 8.62. The maximum Gasteiger partial charge on any atom is 0.305 e. The Kier molecular flexibility index (Phi) is 8.77. The molecule has 0 atom stereocenters. The zero-order chi connectivity index (χ0) is 14.6. The average Bonchev–Trinajstić information content (AvgIpc) is 2.45. The first-order chi connectivity index (χ1) is 9.77. The summed E-state index contributed by atoms with van der Waals surface area (Å²) in [5.74, 6) is -0.0660. The van der Waals surface area contributed by atoms with E-state index in [2.05, 4.69) is 31.2 Å². The van der Waals surface area contributed by atoms with Crippen molar-refractivity contribution in [2.24, 2.45) is 0 Å². The van der Waals surface area contributed by atoms with Gasteiger partial charge in [0.25, 0.3) is 0 Å². The van der Waals surface area contributed by atoms with Crippen LogP contribution in [0, 0.1) is 0 Å². The molecule has 0 saturated heterocycles. The van der Waals surface area contributed by atoms with Crippen LogP contribution in [-0.4, -0.2) is 12.6 Å². The largest absolute Gasteiger partial charge is 0.466 e. The number of rotatable bonds is 10. The molecule has 1 aromatic carbocycles. The Morgan fingerprint density at radius 3 is 2.10 bits per heavy atom. The molecule has 2 heteroatoms. The lowest BCUT2D eigenvalue weighted by molar-refractivity contribution is -0.143. The molecule has 1 rings (SSSR count). The number of ether oxygens (including phenoxy) is 1. The van der Waals surface area contributed by atoms with E-state index < -0.39 is 0 Å². The van der Waals surface area contributed by atoms with Gasteiger partial charge >= 0.3 is 5.97 Å². The van der Waals surface area contributed by atoms with Crippen molar-refractivity contribution in [3.63, 3.8) is 0 Å². The Labute approximate surface area is 123 Å². The van der Waals surface area contributed by atoms with Gasteiger partial charge in [-0.15, -0.1) is 0 Å². The molecule has 1 aromatic rings. The number of carbonyl (C=O) groups excluding carboxylic acids is 1. The van der Waals surface area contributed by atoms with E-state index in [1.165, 1.54) is 36.8 Å². The number of esters is 1. The minimum atomic E-state index is -0.0660. The highest BCUT2D eigenvalue weighted by Gasteiger charge is 2.04. The third-order valence-corrected chi connectivity index (χ3v) is 3.55. The third kappa shape index (κ3) is 6.74. The molecule has 0 aliphatic carbocycles. The van der Waals surface area contributed by atoms with Crippen LogP contribution in [0.4, 0.5) is 0 Å². The molecule has 0 unspecified atom stereocenters. The summed E-state index contributed by atoms with van der Waals surface area (Å²) in [7, 11) is 0. The molecule has 0 heterocycles. The highest BCUT2D eigenvalue weighted by Crippen LogP contribution is 2.16. The SMILES string of the molecule is CCCCCc1ccccc1CCCCC(=O)OCC. The lowest BCUT2D eigenvalue weighted by atomic mass is 9.97. The molecule has 0 saturated carbocycles. The van der Waals surface area contributed by atoms with Crippen LogP contribution in [0.5, 0.6) is 0 Å². The van der Waals surface area contributed by atoms with Gasteiger partial charge in [0.05, 0.1) is 6.61 Å². The van der Waals surface area contributed by atoms with Gasteiger partial charge in [0.1, 0.15) is 0 Å². The summed E-state index contributed by atoms with van der Waals surface area (Å²) in [5, 5.41) is 0. The highest BCUT2D eigenvalue weighted by atomic mass is 16.5. The molecular formula is C18H28O2. The summed E-state index contributed by atoms with van der Waals surface area (Å²) in [6, 6.07) is 8.72. The van der Waals surface area contributed by atoms with Crippen molar-refractivity contribution < 1.29 is 9.53 Å². The smallest absolute Gasteiger partial charge is 0.305 e. The Bertz CT molecular complexity index is 385. The second-order valence-electron chi connectivity index (χ2n) is 5.24. The van der Waals surface area contributed by atoms with Gasteiger partial charge in [0, 0.05) is 6.42 Å². The van der Waals surface area contributed by atoms with E-state index in [9.17, 15) is 4.79 Å². The lowest BCUT2D eigenvalue weighted by Gasteiger charge is -2.09. The molecule has 0 aliphatic rings. The van der Waals surface area contributed by atoms with E-state index in [0.717, 1.165) is 19.3 Å². The number of carbonyl (C=O) groups is 1. The van der Waals surface area contributed by atoms with Crippen LogP contribution < -0.4 is 0 Å². The van der Waals surface area contributed by atoms with Crippen molar-refractivity contribution in [2.45, 2.75) is 65.2 Å². The van der Waals surface area contributed by atoms with Crippen LogP contribution in [0.2, 0.25) is 0 Å². The van der Waals surface area contributed by atoms with Crippen LogP contribution in [0.1, 0.15) is 63.5 Å². The van der Waals surface area contributed by atoms with Crippen LogP contribution in [0.3, 0.4) is 0 Å². The molecule has 0 bridgehead atoms. The maximum absolute atomic E-state index is 11.3. The van der Waals surface area contributed by atoms with Crippen molar-refractivity contribution in [1.29, 1.82) is 0 Å². The first kappa shape index (κ1) is 16.7. The Balaban J connectivity index is 2.33. The van der Waals surface area contributed by atoms with Crippen LogP contribution in [0.25, 0.3) is 0 Å². The van der Waals surface area contributed by atoms with Gasteiger partial charge in [0.15, 0.2) is 0 Å². The fourth-order valence-electron chi connectivity index (χ4n) is 2.43. The number of unbranched alkanes of at least 4 members (excludes halogenated alkanes) is 3. The van der Waals surface area contributed by atoms with Crippen molar-refractivity contribution in [2.75, 3.05) is 6.61 Å². The molecule has 0 spiro atoms. The van der Waals surface area contributed by atoms with Gasteiger partial charge in [-0.3, -0.25) is 4.79 Å². The van der Waals surface area contributed by atoms with Crippen molar-refractivity contribution in [3.05, 3.63) is 35.4 Å². The second kappa shape index (κ2) is 10.5. The Morgan fingerprint density at radius 1 is 0.950 bits per heavy atom. The molecule has 20 heavy (non-hydrogen) atoms. The van der Waals surface area contributed by atoms with Crippen molar-refractivity contribution in [3.8, 4) is 0 Å². The van der Waals surface area contributed by atoms with Crippen LogP contribution >= 0.6 is 0 Å². The third-order valence-electron chi connectivity index (χ3n) is 3.55. The normalized spacial score (nSPS) is 10.5. The molecule has 0 radical (unpaired) electrons. The summed E-state index contributed by atoms with van der Waals surface area (Å²) < 4.78 is 4.94. The van der Waals surface area contributed by atoms with Gasteiger partial charge in [0.2, 0.25) is 0 Å². The average molecular weight is 276 g/mol. The zero-order valence-electron chi connectivity index (χ0n) is 13.0. The highest BCUT2D eigenvalue weighted by molar-refractivity contribution is 5.69. The van der Waals surface area contributed by atoms with Gasteiger partial charge in [-0.2, -0.15) is 0 Å². The molecule has 112 valence electrons. The Hall–Kier alpha value is -1.31. The summed E-state index contributed by atoms with van der Waals surface area (Å²) in [4.78, 5) is 11.3. The topological polar surface area (TPSA) is 26.3 Å². The monoisotopic (exact) mass is 276 g/mol. The van der Waals surface area contributed by atoms with Gasteiger partial charge in [-0.05, 0) is 50.2 Å². The van der Waals surface area contributed by atoms with Gasteiger partial charge < -0.3 is 4.74 Å². The van der Waals surface area contributed by atoms with E-state index in [-0.39, 0.29) is 5.97 Å². The van der Waals surface area contributed by atoms with Crippen LogP contribution in [0.15, 0.2) is 24.3 Å². The van der Waals surface area contributed by atoms with E-state index >= 15 is 0 Å². The van der Waals surface area contributed by atoms with Gasteiger partial charge in [-0.25, -0.2) is 0 Å². The zero-order valence-corrected chi connectivity index (χ0v) is 13.0. The summed E-state index contributed by atoms with van der Waals surface area (Å²) in [5.41, 5.74) is 2.93. The molecule has 0 aliphatic heterocycles. The standard InChI is InChI=1S/C18H28O2/c1-3-5-6-11-16-12-7-8-13-17(16)14-9-10-15-18(19)20-4-2/h7-8,12-13H,3-6,9-11,14-15H2,1-2H3. The van der Waals surface area contributed by atoms with Gasteiger partial charge in [-0.1, -0.05) is 44.0 Å². The second-order valence-corrected chi connectivity index (χ2v) is 5.24. The number of hydrogen-bond acceptors (Lipinski definition) is 2. The van der Waals surface area contributed by atoms with Crippen molar-refractivity contribution in [1.82, 2.24) is 0 Å². The van der Waals surface area contributed by atoms with E-state index in [1.54, 1.807) is 0 Å². The first-order valence-corrected chi connectivity index (χ1v) is 8.00. The molecular weight excluding hydrogens is 248 g/mol. The molecule has 2 nitrogen and oxygen atoms in total. The fourth-order valence-corrected chi connectivity index (χ4v) is 2.43. The molecule has 0 N–H and O–H groups in total. The fraction of sp³-hybridized carbons (Fsp3) is 0.611. The van der Waals surface area contributed by atoms with E-state index in [4.69, 9.17) is 4.74 Å². The molecule has 0 amide bonds. The quantitative estimate of drug-likeness (QED) is 0.457. The first-order valence-electron chi connectivity index (χ1n) is 8.00. The number of benzene rings is 1. The van der Waals surface area contributed by atoms with Crippen LogP contribution in [-0.2, 0) is 22.4 Å². The maximum atomic E-state index is 11.3. The Morgan fingerprint density at radius 2 is 1.55 bits per heavy atom. The predicted molar refractivity (Wildman–Crippen MR) is 83.9 cm³/mol. The molecule has 0 fully saturated rings. The minimum absolute atomic E-state index is 0.0660. The number of hydrogen-bond donors (Lipinski definition) is 0. The van der Waals surface area contributed by atoms with E-state index in [0.29, 0.717) is 13.0 Å². The minimum Gasteiger partial charge on any atom is -0.466 e. The predicted octanol–water partition coefficient (Wildman–Crippen LogP) is 4.70. The van der Waals surface area contributed by atoms with E-state index in [1.807, 2.05) is 6.92 Å².